The molecule has 0 unspecified atom stereocenters. The van der Waals surface area contributed by atoms with E-state index >= 15 is 0 Å². The summed E-state index contributed by atoms with van der Waals surface area (Å²) in [5.74, 6) is 1.89. The van der Waals surface area contributed by atoms with Gasteiger partial charge in [0.2, 0.25) is 0 Å². The van der Waals surface area contributed by atoms with Gasteiger partial charge in [0.05, 0.1) is 6.61 Å². The molecule has 0 aliphatic carbocycles. The van der Waals surface area contributed by atoms with Gasteiger partial charge in [-0.1, -0.05) is 36.4 Å². The Hall–Kier alpha value is -2.53. The van der Waals surface area contributed by atoms with Crippen LogP contribution < -0.4 is 15.4 Å². The molecule has 4 rings (SSSR count). The molecule has 2 heterocycles. The van der Waals surface area contributed by atoms with Gasteiger partial charge in [0, 0.05) is 33.1 Å². The number of nitrogens with one attached hydrogen (secondary N) is 2. The summed E-state index contributed by atoms with van der Waals surface area (Å²) < 4.78 is 5.58. The zero-order valence-electron chi connectivity index (χ0n) is 17.4. The maximum Gasteiger partial charge on any atom is 0.191 e. The summed E-state index contributed by atoms with van der Waals surface area (Å²) in [4.78, 5) is 6.88. The molecule has 2 aliphatic heterocycles. The van der Waals surface area contributed by atoms with E-state index in [9.17, 15) is 0 Å². The highest BCUT2D eigenvalue weighted by molar-refractivity contribution is 5.79. The fourth-order valence-electron chi connectivity index (χ4n) is 4.09. The number of ether oxygens (including phenoxy) is 1. The Labute approximate surface area is 174 Å². The third kappa shape index (κ3) is 5.51. The summed E-state index contributed by atoms with van der Waals surface area (Å²) in [5.41, 5.74) is 5.35. The lowest BCUT2D eigenvalue weighted by Gasteiger charge is -2.15. The van der Waals surface area contributed by atoms with E-state index in [2.05, 4.69) is 63.0 Å². The van der Waals surface area contributed by atoms with Crippen molar-refractivity contribution in [1.82, 2.24) is 15.5 Å². The fraction of sp³-hybridized carbons (Fsp3) is 0.458. The molecule has 29 heavy (non-hydrogen) atoms. The number of rotatable bonds is 7. The molecule has 0 bridgehead atoms. The van der Waals surface area contributed by atoms with E-state index < -0.39 is 0 Å². The highest BCUT2D eigenvalue weighted by Crippen LogP contribution is 2.25. The first-order valence-corrected chi connectivity index (χ1v) is 10.8. The molecule has 0 spiro atoms. The standard InChI is InChI=1S/C24H32N4O/c1-25-24(26-12-10-19-8-9-23-22(16-19)11-15-29-23)27-17-20-4-6-21(7-5-20)18-28-13-2-3-14-28/h4-9,16H,2-3,10-15,17-18H2,1H3,(H2,25,26,27). The van der Waals surface area contributed by atoms with Gasteiger partial charge in [-0.15, -0.1) is 0 Å². The van der Waals surface area contributed by atoms with Crippen molar-refractivity contribution >= 4 is 5.96 Å². The minimum atomic E-state index is 0.778. The van der Waals surface area contributed by atoms with Gasteiger partial charge in [0.15, 0.2) is 5.96 Å². The number of hydrogen-bond acceptors (Lipinski definition) is 3. The van der Waals surface area contributed by atoms with Crippen LogP contribution in [0.5, 0.6) is 5.75 Å². The average Bonchev–Trinajstić information content (AvgIpc) is 3.43. The van der Waals surface area contributed by atoms with Gasteiger partial charge in [-0.25, -0.2) is 0 Å². The van der Waals surface area contributed by atoms with Gasteiger partial charge >= 0.3 is 0 Å². The van der Waals surface area contributed by atoms with Gasteiger partial charge in [-0.05, 0) is 60.7 Å². The molecule has 2 N–H and O–H groups in total. The monoisotopic (exact) mass is 392 g/mol. The normalized spacial score (nSPS) is 16.5. The van der Waals surface area contributed by atoms with Crippen molar-refractivity contribution in [3.8, 4) is 5.75 Å². The number of guanidine groups is 1. The number of nitrogens with zero attached hydrogens (tertiary/aromatic N) is 2. The largest absolute Gasteiger partial charge is 0.493 e. The van der Waals surface area contributed by atoms with Crippen LogP contribution in [0.1, 0.15) is 35.1 Å². The van der Waals surface area contributed by atoms with Crippen molar-refractivity contribution in [1.29, 1.82) is 0 Å². The molecular weight excluding hydrogens is 360 g/mol. The quantitative estimate of drug-likeness (QED) is 0.561. The van der Waals surface area contributed by atoms with Crippen molar-refractivity contribution in [2.24, 2.45) is 4.99 Å². The summed E-state index contributed by atoms with van der Waals surface area (Å²) in [6.45, 7) is 6.00. The lowest BCUT2D eigenvalue weighted by molar-refractivity contribution is 0.331. The molecular formula is C24H32N4O. The van der Waals surface area contributed by atoms with E-state index in [-0.39, 0.29) is 0 Å². The lowest BCUT2D eigenvalue weighted by atomic mass is 10.1. The molecule has 0 atom stereocenters. The molecule has 154 valence electrons. The van der Waals surface area contributed by atoms with Gasteiger partial charge in [-0.3, -0.25) is 9.89 Å². The molecule has 0 saturated carbocycles. The molecule has 1 fully saturated rings. The van der Waals surface area contributed by atoms with E-state index in [1.807, 2.05) is 7.05 Å². The second-order valence-electron chi connectivity index (χ2n) is 7.94. The van der Waals surface area contributed by atoms with Crippen LogP contribution in [0.15, 0.2) is 47.5 Å². The first-order chi connectivity index (χ1) is 14.3. The molecule has 0 aromatic heterocycles. The van der Waals surface area contributed by atoms with Crippen LogP contribution in [-0.4, -0.2) is 44.1 Å². The smallest absolute Gasteiger partial charge is 0.191 e. The highest BCUT2D eigenvalue weighted by Gasteiger charge is 2.12. The topological polar surface area (TPSA) is 48.9 Å². The highest BCUT2D eigenvalue weighted by atomic mass is 16.5. The van der Waals surface area contributed by atoms with Crippen LogP contribution >= 0.6 is 0 Å². The Morgan fingerprint density at radius 2 is 1.76 bits per heavy atom. The van der Waals surface area contributed by atoms with Gasteiger partial charge < -0.3 is 15.4 Å². The van der Waals surface area contributed by atoms with E-state index in [1.165, 1.54) is 48.2 Å². The maximum absolute atomic E-state index is 5.58. The Kier molecular flexibility index (Phi) is 6.67. The van der Waals surface area contributed by atoms with Gasteiger partial charge in [0.1, 0.15) is 5.75 Å². The first-order valence-electron chi connectivity index (χ1n) is 10.8. The second-order valence-corrected chi connectivity index (χ2v) is 7.94. The summed E-state index contributed by atoms with van der Waals surface area (Å²) in [6, 6.07) is 15.5. The first kappa shape index (κ1) is 19.8. The lowest BCUT2D eigenvalue weighted by Crippen LogP contribution is -2.37. The number of aliphatic imine (C=N–C) groups is 1. The summed E-state index contributed by atoms with van der Waals surface area (Å²) in [6.07, 6.45) is 4.68. The average molecular weight is 393 g/mol. The van der Waals surface area contributed by atoms with Crippen molar-refractivity contribution in [3.05, 3.63) is 64.7 Å². The number of fused-ring (bicyclic) bond motifs is 1. The van der Waals surface area contributed by atoms with Crippen LogP contribution in [0.3, 0.4) is 0 Å². The van der Waals surface area contributed by atoms with Gasteiger partial charge in [0.25, 0.3) is 0 Å². The van der Waals surface area contributed by atoms with Crippen molar-refractivity contribution < 1.29 is 4.74 Å². The van der Waals surface area contributed by atoms with E-state index in [0.29, 0.717) is 0 Å². The SMILES string of the molecule is CN=C(NCCc1ccc2c(c1)CCO2)NCc1ccc(CN2CCCC2)cc1. The summed E-state index contributed by atoms with van der Waals surface area (Å²) in [5, 5.41) is 6.83. The minimum Gasteiger partial charge on any atom is -0.493 e. The van der Waals surface area contributed by atoms with E-state index in [4.69, 9.17) is 4.74 Å². The molecule has 1 saturated heterocycles. The zero-order valence-corrected chi connectivity index (χ0v) is 17.4. The van der Waals surface area contributed by atoms with Crippen LogP contribution in [0.25, 0.3) is 0 Å². The predicted octanol–water partition coefficient (Wildman–Crippen LogP) is 3.13. The van der Waals surface area contributed by atoms with Crippen molar-refractivity contribution in [2.45, 2.75) is 38.8 Å². The summed E-state index contributed by atoms with van der Waals surface area (Å²) in [7, 11) is 1.82. The van der Waals surface area contributed by atoms with Crippen LogP contribution in [0.2, 0.25) is 0 Å². The van der Waals surface area contributed by atoms with Gasteiger partial charge in [-0.2, -0.15) is 0 Å². The number of benzene rings is 2. The molecule has 0 amide bonds. The molecule has 5 heteroatoms. The second kappa shape index (κ2) is 9.79. The zero-order chi connectivity index (χ0) is 19.9. The van der Waals surface area contributed by atoms with E-state index in [0.717, 1.165) is 50.8 Å². The Balaban J connectivity index is 1.20. The minimum absolute atomic E-state index is 0.778. The maximum atomic E-state index is 5.58. The molecule has 0 radical (unpaired) electrons. The predicted molar refractivity (Wildman–Crippen MR) is 118 cm³/mol. The van der Waals surface area contributed by atoms with Crippen LogP contribution in [0, 0.1) is 0 Å². The number of hydrogen-bond donors (Lipinski definition) is 2. The van der Waals surface area contributed by atoms with Crippen molar-refractivity contribution in [3.63, 3.8) is 0 Å². The molecule has 5 nitrogen and oxygen atoms in total. The summed E-state index contributed by atoms with van der Waals surface area (Å²) >= 11 is 0. The third-order valence-electron chi connectivity index (χ3n) is 5.77. The van der Waals surface area contributed by atoms with Crippen molar-refractivity contribution in [2.75, 3.05) is 33.3 Å². The fourth-order valence-corrected chi connectivity index (χ4v) is 4.09. The third-order valence-corrected chi connectivity index (χ3v) is 5.77. The number of likely N-dealkylation sites (tertiary alicyclic amines) is 1. The molecule has 2 aromatic carbocycles. The van der Waals surface area contributed by atoms with Crippen LogP contribution in [0.4, 0.5) is 0 Å². The Bertz CT molecular complexity index is 825. The molecule has 2 aromatic rings. The Morgan fingerprint density at radius 3 is 2.55 bits per heavy atom. The van der Waals surface area contributed by atoms with E-state index in [1.54, 1.807) is 0 Å². The van der Waals surface area contributed by atoms with Crippen LogP contribution in [-0.2, 0) is 25.9 Å². The molecule has 2 aliphatic rings. The Morgan fingerprint density at radius 1 is 1.00 bits per heavy atom.